The molecule has 1 heterocycles. The van der Waals surface area contributed by atoms with Gasteiger partial charge < -0.3 is 4.90 Å². The molecule has 0 aliphatic rings. The quantitative estimate of drug-likeness (QED) is 0.437. The largest absolute Gasteiger partial charge is 0.416 e. The van der Waals surface area contributed by atoms with Gasteiger partial charge in [-0.05, 0) is 43.3 Å². The first-order valence-electron chi connectivity index (χ1n) is 8.94. The first kappa shape index (κ1) is 23.5. The number of fused-ring (bicyclic) bond motifs is 1. The van der Waals surface area contributed by atoms with Crippen LogP contribution in [0.2, 0.25) is 5.02 Å². The molecule has 0 aliphatic carbocycles. The summed E-state index contributed by atoms with van der Waals surface area (Å²) in [5, 5.41) is -0.124. The maximum absolute atomic E-state index is 12.9. The summed E-state index contributed by atoms with van der Waals surface area (Å²) in [6.45, 7) is 1.50. The van der Waals surface area contributed by atoms with Crippen LogP contribution in [-0.2, 0) is 16.2 Å². The van der Waals surface area contributed by atoms with Crippen molar-refractivity contribution in [2.24, 2.45) is 4.40 Å². The van der Waals surface area contributed by atoms with Crippen LogP contribution in [0.1, 0.15) is 21.7 Å². The number of rotatable bonds is 5. The number of aromatic nitrogens is 2. The standard InChI is InChI=1S/C19H17ClF3N5O3S/c1-11-25-15-9-13(19(21,22)23)5-7-16(15)28(11)26-18(29)12-4-6-14(20)17(8-12)32(30,31)24-10-27(2)3/h4-10H,1-3H3,(H,26,29). The van der Waals surface area contributed by atoms with Crippen LogP contribution in [0.5, 0.6) is 0 Å². The molecule has 0 spiro atoms. The molecule has 0 unspecified atom stereocenters. The maximum Gasteiger partial charge on any atom is 0.416 e. The van der Waals surface area contributed by atoms with Gasteiger partial charge in [-0.25, -0.2) is 9.66 Å². The minimum absolute atomic E-state index is 0.0371. The lowest BCUT2D eigenvalue weighted by molar-refractivity contribution is -0.137. The first-order chi connectivity index (χ1) is 14.8. The molecule has 0 saturated heterocycles. The van der Waals surface area contributed by atoms with Crippen LogP contribution in [-0.4, -0.2) is 49.3 Å². The lowest BCUT2D eigenvalue weighted by Gasteiger charge is -2.11. The van der Waals surface area contributed by atoms with E-state index in [1.807, 2.05) is 0 Å². The summed E-state index contributed by atoms with van der Waals surface area (Å²) in [4.78, 5) is 17.9. The summed E-state index contributed by atoms with van der Waals surface area (Å²) < 4.78 is 68.4. The number of carbonyl (C=O) groups is 1. The van der Waals surface area contributed by atoms with E-state index in [4.69, 9.17) is 11.6 Å². The zero-order valence-corrected chi connectivity index (χ0v) is 18.5. The summed E-state index contributed by atoms with van der Waals surface area (Å²) in [7, 11) is -1.01. The first-order valence-corrected chi connectivity index (χ1v) is 10.8. The fourth-order valence-electron chi connectivity index (χ4n) is 2.74. The van der Waals surface area contributed by atoms with Gasteiger partial charge in [0, 0.05) is 19.7 Å². The number of hydrogen-bond acceptors (Lipinski definition) is 4. The number of benzene rings is 2. The van der Waals surface area contributed by atoms with Crippen LogP contribution >= 0.6 is 11.6 Å². The van der Waals surface area contributed by atoms with E-state index in [-0.39, 0.29) is 32.3 Å². The molecule has 1 amide bonds. The second kappa shape index (κ2) is 8.43. The van der Waals surface area contributed by atoms with Gasteiger partial charge in [0.15, 0.2) is 0 Å². The second-order valence-corrected chi connectivity index (χ2v) is 8.95. The highest BCUT2D eigenvalue weighted by Gasteiger charge is 2.31. The zero-order valence-electron chi connectivity index (χ0n) is 17.0. The summed E-state index contributed by atoms with van der Waals surface area (Å²) in [6, 6.07) is 6.55. The fourth-order valence-corrected chi connectivity index (χ4v) is 4.17. The molecule has 2 aromatic carbocycles. The minimum atomic E-state index is -4.53. The van der Waals surface area contributed by atoms with Crippen molar-refractivity contribution in [2.75, 3.05) is 19.5 Å². The fraction of sp³-hybridized carbons (Fsp3) is 0.211. The van der Waals surface area contributed by atoms with Crippen molar-refractivity contribution in [2.45, 2.75) is 18.0 Å². The molecule has 3 aromatic rings. The molecule has 0 fully saturated rings. The maximum atomic E-state index is 12.9. The van der Waals surface area contributed by atoms with Crippen LogP contribution < -0.4 is 5.43 Å². The number of nitrogens with one attached hydrogen (secondary N) is 1. The Bertz CT molecular complexity index is 1330. The Labute approximate surface area is 186 Å². The third kappa shape index (κ3) is 4.86. The minimum Gasteiger partial charge on any atom is -0.368 e. The Kier molecular flexibility index (Phi) is 6.20. The molecule has 32 heavy (non-hydrogen) atoms. The molecular formula is C19H17ClF3N5O3S. The second-order valence-electron chi connectivity index (χ2n) is 6.94. The number of nitrogens with zero attached hydrogens (tertiary/aromatic N) is 4. The molecule has 13 heteroatoms. The number of hydrogen-bond donors (Lipinski definition) is 1. The molecular weight excluding hydrogens is 471 g/mol. The average molecular weight is 488 g/mol. The van der Waals surface area contributed by atoms with Crippen molar-refractivity contribution >= 4 is 44.9 Å². The SMILES string of the molecule is Cc1nc2cc(C(F)(F)F)ccc2n1NC(=O)c1ccc(Cl)c(S(=O)(=O)N=CN(C)C)c1. The van der Waals surface area contributed by atoms with Crippen molar-refractivity contribution in [3.63, 3.8) is 0 Å². The van der Waals surface area contributed by atoms with E-state index in [1.54, 1.807) is 14.1 Å². The molecule has 170 valence electrons. The predicted molar refractivity (Wildman–Crippen MR) is 114 cm³/mol. The van der Waals surface area contributed by atoms with Crippen LogP contribution in [0, 0.1) is 6.92 Å². The van der Waals surface area contributed by atoms with E-state index in [1.165, 1.54) is 34.7 Å². The lowest BCUT2D eigenvalue weighted by atomic mass is 10.2. The summed E-state index contributed by atoms with van der Waals surface area (Å²) in [5.41, 5.74) is 1.86. The van der Waals surface area contributed by atoms with Crippen molar-refractivity contribution in [1.82, 2.24) is 14.6 Å². The molecule has 0 bridgehead atoms. The third-order valence-electron chi connectivity index (χ3n) is 4.25. The lowest BCUT2D eigenvalue weighted by Crippen LogP contribution is -2.24. The van der Waals surface area contributed by atoms with Gasteiger partial charge in [-0.15, -0.1) is 4.40 Å². The molecule has 8 nitrogen and oxygen atoms in total. The van der Waals surface area contributed by atoms with Crippen molar-refractivity contribution in [1.29, 1.82) is 0 Å². The van der Waals surface area contributed by atoms with Crippen LogP contribution in [0.3, 0.4) is 0 Å². The van der Waals surface area contributed by atoms with Crippen molar-refractivity contribution in [3.8, 4) is 0 Å². The number of amides is 1. The van der Waals surface area contributed by atoms with E-state index in [0.29, 0.717) is 0 Å². The van der Waals surface area contributed by atoms with Crippen molar-refractivity contribution < 1.29 is 26.4 Å². The number of halogens is 4. The van der Waals surface area contributed by atoms with Gasteiger partial charge >= 0.3 is 6.18 Å². The van der Waals surface area contributed by atoms with E-state index in [0.717, 1.165) is 24.5 Å². The smallest absolute Gasteiger partial charge is 0.368 e. The van der Waals surface area contributed by atoms with Crippen LogP contribution in [0.25, 0.3) is 11.0 Å². The normalized spacial score (nSPS) is 12.5. The van der Waals surface area contributed by atoms with Gasteiger partial charge in [-0.2, -0.15) is 21.6 Å². The number of aryl methyl sites for hydroxylation is 1. The van der Waals surface area contributed by atoms with Gasteiger partial charge in [-0.3, -0.25) is 10.2 Å². The van der Waals surface area contributed by atoms with Crippen LogP contribution in [0.15, 0.2) is 45.7 Å². The predicted octanol–water partition coefficient (Wildman–Crippen LogP) is 3.68. The summed E-state index contributed by atoms with van der Waals surface area (Å²) >= 11 is 5.99. The zero-order chi connectivity index (χ0) is 23.8. The molecule has 0 atom stereocenters. The average Bonchev–Trinajstić information content (AvgIpc) is 3.00. The molecule has 1 N–H and O–H groups in total. The molecule has 3 rings (SSSR count). The summed E-state index contributed by atoms with van der Waals surface area (Å²) in [6.07, 6.45) is -3.45. The number of sulfonamides is 1. The highest BCUT2D eigenvalue weighted by Crippen LogP contribution is 2.31. The molecule has 0 radical (unpaired) electrons. The van der Waals surface area contributed by atoms with E-state index < -0.39 is 27.7 Å². The monoisotopic (exact) mass is 487 g/mol. The van der Waals surface area contributed by atoms with Gasteiger partial charge in [0.05, 0.1) is 21.6 Å². The molecule has 0 aliphatic heterocycles. The van der Waals surface area contributed by atoms with Crippen LogP contribution in [0.4, 0.5) is 13.2 Å². The van der Waals surface area contributed by atoms with E-state index in [9.17, 15) is 26.4 Å². The topological polar surface area (TPSA) is 96.7 Å². The number of imidazole rings is 1. The Morgan fingerprint density at radius 1 is 1.22 bits per heavy atom. The molecule has 1 aromatic heterocycles. The Morgan fingerprint density at radius 3 is 2.53 bits per heavy atom. The van der Waals surface area contributed by atoms with Gasteiger partial charge in [0.1, 0.15) is 17.1 Å². The van der Waals surface area contributed by atoms with Gasteiger partial charge in [0.2, 0.25) is 0 Å². The highest BCUT2D eigenvalue weighted by atomic mass is 35.5. The van der Waals surface area contributed by atoms with Gasteiger partial charge in [0.25, 0.3) is 15.9 Å². The highest BCUT2D eigenvalue weighted by molar-refractivity contribution is 7.90. The van der Waals surface area contributed by atoms with Crippen molar-refractivity contribution in [3.05, 3.63) is 58.4 Å². The van der Waals surface area contributed by atoms with Gasteiger partial charge in [-0.1, -0.05) is 11.6 Å². The Balaban J connectivity index is 1.96. The molecule has 0 saturated carbocycles. The number of alkyl halides is 3. The van der Waals surface area contributed by atoms with E-state index >= 15 is 0 Å². The third-order valence-corrected chi connectivity index (χ3v) is 5.96. The Hall–Kier alpha value is -3.12. The summed E-state index contributed by atoms with van der Waals surface area (Å²) in [5.74, 6) is -0.498. The Morgan fingerprint density at radius 2 is 1.91 bits per heavy atom. The van der Waals surface area contributed by atoms with E-state index in [2.05, 4.69) is 14.8 Å². The number of carbonyl (C=O) groups excluding carboxylic acids is 1.